The van der Waals surface area contributed by atoms with E-state index in [9.17, 15) is 4.79 Å². The van der Waals surface area contributed by atoms with Gasteiger partial charge >= 0.3 is 0 Å². The summed E-state index contributed by atoms with van der Waals surface area (Å²) in [5.74, 6) is 0.376. The number of ether oxygens (including phenoxy) is 1. The first kappa shape index (κ1) is 14.6. The molecule has 0 radical (unpaired) electrons. The zero-order valence-electron chi connectivity index (χ0n) is 10.9. The Labute approximate surface area is 93.8 Å². The van der Waals surface area contributed by atoms with Gasteiger partial charge in [0.15, 0.2) is 0 Å². The van der Waals surface area contributed by atoms with Gasteiger partial charge in [0.25, 0.3) is 0 Å². The van der Waals surface area contributed by atoms with E-state index in [1.54, 1.807) is 0 Å². The maximum Gasteiger partial charge on any atom is 0.149 e. The number of carbonyl (C=O) groups excluding carboxylic acids is 1. The Morgan fingerprint density at radius 2 is 1.67 bits per heavy atom. The monoisotopic (exact) mass is 215 g/mol. The zero-order chi connectivity index (χ0) is 12.0. The minimum Gasteiger partial charge on any atom is -0.363 e. The molecular formula is C12H25NO2. The first-order chi connectivity index (χ1) is 6.84. The third-order valence-corrected chi connectivity index (χ3v) is 2.31. The van der Waals surface area contributed by atoms with Crippen LogP contribution in [0.2, 0.25) is 0 Å². The van der Waals surface area contributed by atoms with Crippen molar-refractivity contribution >= 4 is 5.78 Å². The van der Waals surface area contributed by atoms with Gasteiger partial charge in [0, 0.05) is 12.0 Å². The van der Waals surface area contributed by atoms with Crippen molar-refractivity contribution in [2.24, 2.45) is 5.92 Å². The van der Waals surface area contributed by atoms with E-state index >= 15 is 0 Å². The van der Waals surface area contributed by atoms with Crippen molar-refractivity contribution in [3.63, 3.8) is 0 Å². The number of carbonyl (C=O) groups is 1. The van der Waals surface area contributed by atoms with Crippen molar-refractivity contribution < 1.29 is 9.53 Å². The largest absolute Gasteiger partial charge is 0.363 e. The topological polar surface area (TPSA) is 29.5 Å². The lowest BCUT2D eigenvalue weighted by Crippen LogP contribution is -2.39. The number of hydrogen-bond acceptors (Lipinski definition) is 3. The van der Waals surface area contributed by atoms with Gasteiger partial charge in [0.05, 0.1) is 19.4 Å². The Hall–Kier alpha value is -0.410. The highest BCUT2D eigenvalue weighted by Crippen LogP contribution is 2.04. The summed E-state index contributed by atoms with van der Waals surface area (Å²) in [7, 11) is 0. The highest BCUT2D eigenvalue weighted by Gasteiger charge is 2.16. The molecule has 90 valence electrons. The van der Waals surface area contributed by atoms with Gasteiger partial charge in [0.2, 0.25) is 0 Å². The summed E-state index contributed by atoms with van der Waals surface area (Å²) < 4.78 is 5.52. The lowest BCUT2D eigenvalue weighted by Gasteiger charge is -2.27. The molecule has 0 aromatic rings. The molecular weight excluding hydrogens is 190 g/mol. The van der Waals surface area contributed by atoms with E-state index in [0.717, 1.165) is 0 Å². The van der Waals surface area contributed by atoms with Gasteiger partial charge in [-0.05, 0) is 27.7 Å². The fourth-order valence-electron chi connectivity index (χ4n) is 1.00. The lowest BCUT2D eigenvalue weighted by atomic mass is 10.1. The second-order valence-corrected chi connectivity index (χ2v) is 4.81. The zero-order valence-corrected chi connectivity index (χ0v) is 10.9. The Bertz CT molecular complexity index is 188. The molecule has 0 unspecified atom stereocenters. The van der Waals surface area contributed by atoms with Crippen LogP contribution in [0.3, 0.4) is 0 Å². The van der Waals surface area contributed by atoms with E-state index in [-0.39, 0.29) is 17.8 Å². The summed E-state index contributed by atoms with van der Waals surface area (Å²) >= 11 is 0. The van der Waals surface area contributed by atoms with E-state index < -0.39 is 0 Å². The summed E-state index contributed by atoms with van der Waals surface area (Å²) in [5.41, 5.74) is 0. The van der Waals surface area contributed by atoms with Crippen molar-refractivity contribution in [2.75, 3.05) is 13.3 Å². The number of Topliss-reactive ketones (excluding diaryl/α,β-unsaturated/α-hetero) is 1. The molecule has 0 aliphatic carbocycles. The Morgan fingerprint density at radius 1 is 1.13 bits per heavy atom. The summed E-state index contributed by atoms with van der Waals surface area (Å²) in [4.78, 5) is 13.7. The molecule has 0 spiro atoms. The maximum atomic E-state index is 11.6. The average Bonchev–Trinajstić information content (AvgIpc) is 2.10. The molecule has 3 nitrogen and oxygen atoms in total. The molecule has 0 rings (SSSR count). The van der Waals surface area contributed by atoms with E-state index in [0.29, 0.717) is 19.3 Å². The van der Waals surface area contributed by atoms with Crippen molar-refractivity contribution in [1.82, 2.24) is 4.90 Å². The van der Waals surface area contributed by atoms with Crippen molar-refractivity contribution in [2.45, 2.75) is 53.7 Å². The van der Waals surface area contributed by atoms with Gasteiger partial charge in [-0.25, -0.2) is 0 Å². The van der Waals surface area contributed by atoms with E-state index in [2.05, 4.69) is 18.7 Å². The Morgan fingerprint density at radius 3 is 2.00 bits per heavy atom. The van der Waals surface area contributed by atoms with Crippen LogP contribution in [0, 0.1) is 5.92 Å². The van der Waals surface area contributed by atoms with Crippen molar-refractivity contribution in [3.05, 3.63) is 0 Å². The molecule has 0 aromatic carbocycles. The minimum absolute atomic E-state index is 0.102. The minimum atomic E-state index is 0.102. The Kier molecular flexibility index (Phi) is 6.77. The normalized spacial score (nSPS) is 12.1. The van der Waals surface area contributed by atoms with Crippen LogP contribution in [-0.2, 0) is 9.53 Å². The van der Waals surface area contributed by atoms with Crippen LogP contribution in [0.4, 0.5) is 0 Å². The van der Waals surface area contributed by atoms with Crippen molar-refractivity contribution in [1.29, 1.82) is 0 Å². The standard InChI is InChI=1S/C12H25NO2/c1-9(2)12(14)7-13(10(3)4)8-15-11(5)6/h9-11H,7-8H2,1-6H3. The smallest absolute Gasteiger partial charge is 0.149 e. The van der Waals surface area contributed by atoms with Gasteiger partial charge in [0.1, 0.15) is 5.78 Å². The molecule has 0 saturated heterocycles. The van der Waals surface area contributed by atoms with Gasteiger partial charge in [-0.2, -0.15) is 0 Å². The number of rotatable bonds is 7. The SMILES string of the molecule is CC(C)OCN(CC(=O)C(C)C)C(C)C. The molecule has 0 N–H and O–H groups in total. The molecule has 15 heavy (non-hydrogen) atoms. The van der Waals surface area contributed by atoms with Crippen LogP contribution >= 0.6 is 0 Å². The average molecular weight is 215 g/mol. The van der Waals surface area contributed by atoms with Gasteiger partial charge < -0.3 is 4.74 Å². The quantitative estimate of drug-likeness (QED) is 0.610. The second-order valence-electron chi connectivity index (χ2n) is 4.81. The molecule has 0 fully saturated rings. The van der Waals surface area contributed by atoms with Gasteiger partial charge in [-0.15, -0.1) is 0 Å². The summed E-state index contributed by atoms with van der Waals surface area (Å²) in [6.45, 7) is 13.1. The molecule has 0 amide bonds. The van der Waals surface area contributed by atoms with E-state index in [4.69, 9.17) is 4.74 Å². The highest BCUT2D eigenvalue weighted by molar-refractivity contribution is 5.82. The summed E-state index contributed by atoms with van der Waals surface area (Å²) in [5, 5.41) is 0. The molecule has 0 atom stereocenters. The molecule has 0 bridgehead atoms. The third-order valence-electron chi connectivity index (χ3n) is 2.31. The number of nitrogens with zero attached hydrogens (tertiary/aromatic N) is 1. The van der Waals surface area contributed by atoms with E-state index in [1.165, 1.54) is 0 Å². The fourth-order valence-corrected chi connectivity index (χ4v) is 1.00. The molecule has 0 saturated carbocycles. The molecule has 3 heteroatoms. The summed E-state index contributed by atoms with van der Waals surface area (Å²) in [6.07, 6.45) is 0.209. The van der Waals surface area contributed by atoms with Crippen LogP contribution in [0.1, 0.15) is 41.5 Å². The molecule has 0 aliphatic rings. The fraction of sp³-hybridized carbons (Fsp3) is 0.917. The number of ketones is 1. The van der Waals surface area contributed by atoms with Gasteiger partial charge in [-0.3, -0.25) is 9.69 Å². The molecule has 0 aromatic heterocycles. The predicted molar refractivity (Wildman–Crippen MR) is 62.8 cm³/mol. The molecule has 0 heterocycles. The van der Waals surface area contributed by atoms with Crippen LogP contribution in [0.25, 0.3) is 0 Å². The van der Waals surface area contributed by atoms with E-state index in [1.807, 2.05) is 27.7 Å². The van der Waals surface area contributed by atoms with Gasteiger partial charge in [-0.1, -0.05) is 13.8 Å². The Balaban J connectivity index is 4.10. The maximum absolute atomic E-state index is 11.6. The van der Waals surface area contributed by atoms with Crippen LogP contribution in [0.15, 0.2) is 0 Å². The number of hydrogen-bond donors (Lipinski definition) is 0. The highest BCUT2D eigenvalue weighted by atomic mass is 16.5. The second kappa shape index (κ2) is 6.96. The first-order valence-electron chi connectivity index (χ1n) is 5.73. The van der Waals surface area contributed by atoms with Crippen LogP contribution in [-0.4, -0.2) is 36.1 Å². The van der Waals surface area contributed by atoms with Crippen molar-refractivity contribution in [3.8, 4) is 0 Å². The molecule has 0 aliphatic heterocycles. The lowest BCUT2D eigenvalue weighted by molar-refractivity contribution is -0.126. The predicted octanol–water partition coefficient (Wildman–Crippen LogP) is 2.30. The van der Waals surface area contributed by atoms with Crippen LogP contribution in [0.5, 0.6) is 0 Å². The summed E-state index contributed by atoms with van der Waals surface area (Å²) in [6, 6.07) is 0.339. The van der Waals surface area contributed by atoms with Crippen LogP contribution < -0.4 is 0 Å². The third kappa shape index (κ3) is 6.63. The first-order valence-corrected chi connectivity index (χ1v) is 5.73.